The Hall–Kier alpha value is -3.10. The molecule has 1 amide bonds. The molecule has 4 heterocycles. The average molecular weight is 405 g/mol. The van der Waals surface area contributed by atoms with E-state index in [1.165, 1.54) is 29.2 Å². The third-order valence-corrected chi connectivity index (χ3v) is 5.21. The van der Waals surface area contributed by atoms with E-state index in [0.29, 0.717) is 25.4 Å². The molecule has 1 saturated heterocycles. The van der Waals surface area contributed by atoms with E-state index < -0.39 is 11.9 Å². The lowest BCUT2D eigenvalue weighted by Gasteiger charge is -2.31. The van der Waals surface area contributed by atoms with Gasteiger partial charge in [0.15, 0.2) is 5.76 Å². The number of furan rings is 1. The minimum Gasteiger partial charge on any atom is -0.459 e. The highest BCUT2D eigenvalue weighted by atomic mass is 19.4. The smallest absolute Gasteiger partial charge is 0.433 e. The predicted octanol–water partition coefficient (Wildman–Crippen LogP) is 3.56. The first-order valence-electron chi connectivity index (χ1n) is 9.23. The van der Waals surface area contributed by atoms with Gasteiger partial charge >= 0.3 is 6.18 Å². The van der Waals surface area contributed by atoms with Gasteiger partial charge in [-0.05, 0) is 49.1 Å². The molecule has 0 aromatic carbocycles. The molecule has 0 bridgehead atoms. The van der Waals surface area contributed by atoms with Gasteiger partial charge in [-0.25, -0.2) is 4.98 Å². The molecule has 6 nitrogen and oxygen atoms in total. The number of rotatable bonds is 3. The number of likely N-dealkylation sites (tertiary alicyclic amines) is 1. The molecule has 1 aliphatic heterocycles. The van der Waals surface area contributed by atoms with Gasteiger partial charge in [-0.15, -0.1) is 0 Å². The van der Waals surface area contributed by atoms with E-state index >= 15 is 0 Å². The minimum atomic E-state index is -4.55. The number of pyridine rings is 2. The molecule has 0 N–H and O–H groups in total. The molecule has 1 aliphatic rings. The van der Waals surface area contributed by atoms with Crippen LogP contribution < -0.4 is 5.56 Å². The molecule has 3 aromatic heterocycles. The molecule has 0 radical (unpaired) electrons. The third kappa shape index (κ3) is 3.90. The van der Waals surface area contributed by atoms with E-state index in [0.717, 1.165) is 18.9 Å². The minimum absolute atomic E-state index is 0.0277. The maximum absolute atomic E-state index is 12.8. The number of halogens is 3. The summed E-state index contributed by atoms with van der Waals surface area (Å²) in [5.74, 6) is 0.344. The summed E-state index contributed by atoms with van der Waals surface area (Å²) in [5.41, 5.74) is -1.35. The van der Waals surface area contributed by atoms with Gasteiger partial charge in [-0.3, -0.25) is 9.59 Å². The molecule has 4 rings (SSSR count). The summed E-state index contributed by atoms with van der Waals surface area (Å²) >= 11 is 0. The molecule has 9 heteroatoms. The molecular weight excluding hydrogens is 387 g/mol. The van der Waals surface area contributed by atoms with Gasteiger partial charge in [0.05, 0.1) is 17.2 Å². The topological polar surface area (TPSA) is 68.3 Å². The van der Waals surface area contributed by atoms with Crippen LogP contribution >= 0.6 is 0 Å². The fourth-order valence-electron chi connectivity index (χ4n) is 3.62. The van der Waals surface area contributed by atoms with Crippen LogP contribution in [0.2, 0.25) is 0 Å². The van der Waals surface area contributed by atoms with Crippen molar-refractivity contribution in [3.63, 3.8) is 0 Å². The van der Waals surface area contributed by atoms with E-state index in [2.05, 4.69) is 4.98 Å². The molecule has 0 atom stereocenters. The first-order valence-corrected chi connectivity index (χ1v) is 9.23. The van der Waals surface area contributed by atoms with Crippen molar-refractivity contribution in [1.82, 2.24) is 14.5 Å². The van der Waals surface area contributed by atoms with Gasteiger partial charge in [0.25, 0.3) is 11.5 Å². The fraction of sp³-hybridized carbons (Fsp3) is 0.350. The standard InChI is InChI=1S/C20H18F3N3O3/c21-20(22,23)17-4-3-14-15(24-17)7-10-26(18(14)27)12-13-5-8-25(9-6-13)19(28)16-2-1-11-29-16/h1-4,7,10-11,13H,5-6,8-9,12H2. The number of aromatic nitrogens is 2. The van der Waals surface area contributed by atoms with Crippen LogP contribution in [0.4, 0.5) is 13.2 Å². The Labute approximate surface area is 163 Å². The normalized spacial score (nSPS) is 15.8. The van der Waals surface area contributed by atoms with E-state index in [1.807, 2.05) is 0 Å². The largest absolute Gasteiger partial charge is 0.459 e. The highest BCUT2D eigenvalue weighted by Gasteiger charge is 2.32. The Bertz CT molecular complexity index is 1080. The summed E-state index contributed by atoms with van der Waals surface area (Å²) in [6, 6.07) is 6.73. The summed E-state index contributed by atoms with van der Waals surface area (Å²) in [7, 11) is 0. The Morgan fingerprint density at radius 3 is 2.59 bits per heavy atom. The van der Waals surface area contributed by atoms with Crippen LogP contribution in [0.1, 0.15) is 29.1 Å². The van der Waals surface area contributed by atoms with Crippen LogP contribution in [0.15, 0.2) is 52.0 Å². The van der Waals surface area contributed by atoms with Gasteiger partial charge < -0.3 is 13.9 Å². The Balaban J connectivity index is 1.45. The zero-order valence-corrected chi connectivity index (χ0v) is 15.4. The predicted molar refractivity (Wildman–Crippen MR) is 98.3 cm³/mol. The second-order valence-corrected chi connectivity index (χ2v) is 7.11. The summed E-state index contributed by atoms with van der Waals surface area (Å²) in [5, 5.41) is 0.158. The number of piperidine rings is 1. The molecular formula is C20H18F3N3O3. The lowest BCUT2D eigenvalue weighted by atomic mass is 9.96. The molecule has 152 valence electrons. The van der Waals surface area contributed by atoms with Gasteiger partial charge in [-0.2, -0.15) is 13.2 Å². The summed E-state index contributed by atoms with van der Waals surface area (Å²) < 4.78 is 45.1. The summed E-state index contributed by atoms with van der Waals surface area (Å²) in [6.45, 7) is 1.56. The van der Waals surface area contributed by atoms with Gasteiger partial charge in [0, 0.05) is 25.8 Å². The highest BCUT2D eigenvalue weighted by molar-refractivity contribution is 5.91. The van der Waals surface area contributed by atoms with Crippen molar-refractivity contribution in [2.24, 2.45) is 5.92 Å². The van der Waals surface area contributed by atoms with Crippen LogP contribution in [0.3, 0.4) is 0 Å². The van der Waals surface area contributed by atoms with Crippen LogP contribution in [0.25, 0.3) is 10.9 Å². The van der Waals surface area contributed by atoms with Gasteiger partial charge in [-0.1, -0.05) is 0 Å². The van der Waals surface area contributed by atoms with E-state index in [9.17, 15) is 22.8 Å². The average Bonchev–Trinajstić information content (AvgIpc) is 3.24. The van der Waals surface area contributed by atoms with E-state index in [1.54, 1.807) is 17.0 Å². The van der Waals surface area contributed by atoms with Crippen LogP contribution in [-0.2, 0) is 12.7 Å². The monoisotopic (exact) mass is 405 g/mol. The highest BCUT2D eigenvalue weighted by Crippen LogP contribution is 2.28. The van der Waals surface area contributed by atoms with Crippen molar-refractivity contribution < 1.29 is 22.4 Å². The zero-order chi connectivity index (χ0) is 20.6. The Morgan fingerprint density at radius 1 is 1.17 bits per heavy atom. The lowest BCUT2D eigenvalue weighted by Crippen LogP contribution is -2.39. The second kappa shape index (κ2) is 7.38. The first kappa shape index (κ1) is 19.2. The summed E-state index contributed by atoms with van der Waals surface area (Å²) in [6.07, 6.45) is -0.161. The molecule has 0 saturated carbocycles. The number of hydrogen-bond donors (Lipinski definition) is 0. The molecule has 3 aromatic rings. The van der Waals surface area contributed by atoms with Crippen molar-refractivity contribution in [1.29, 1.82) is 0 Å². The maximum atomic E-state index is 12.8. The molecule has 0 spiro atoms. The van der Waals surface area contributed by atoms with Crippen molar-refractivity contribution in [3.8, 4) is 0 Å². The van der Waals surface area contributed by atoms with Crippen LogP contribution in [-0.4, -0.2) is 33.4 Å². The molecule has 29 heavy (non-hydrogen) atoms. The number of hydrogen-bond acceptors (Lipinski definition) is 4. The zero-order valence-electron chi connectivity index (χ0n) is 15.4. The molecule has 0 unspecified atom stereocenters. The number of carbonyl (C=O) groups excluding carboxylic acids is 1. The number of fused-ring (bicyclic) bond motifs is 1. The molecule has 0 aliphatic carbocycles. The Kier molecular flexibility index (Phi) is 4.89. The number of amides is 1. The quantitative estimate of drug-likeness (QED) is 0.668. The SMILES string of the molecule is O=C(c1ccco1)N1CCC(Cn2ccc3nc(C(F)(F)F)ccc3c2=O)CC1. The third-order valence-electron chi connectivity index (χ3n) is 5.21. The van der Waals surface area contributed by atoms with E-state index in [-0.39, 0.29) is 28.3 Å². The lowest BCUT2D eigenvalue weighted by molar-refractivity contribution is -0.140. The Morgan fingerprint density at radius 2 is 1.93 bits per heavy atom. The second-order valence-electron chi connectivity index (χ2n) is 7.11. The van der Waals surface area contributed by atoms with Crippen molar-refractivity contribution >= 4 is 16.8 Å². The number of nitrogens with zero attached hydrogens (tertiary/aromatic N) is 3. The number of carbonyl (C=O) groups is 1. The van der Waals surface area contributed by atoms with Crippen molar-refractivity contribution in [2.75, 3.05) is 13.1 Å². The van der Waals surface area contributed by atoms with E-state index in [4.69, 9.17) is 4.42 Å². The fourth-order valence-corrected chi connectivity index (χ4v) is 3.62. The van der Waals surface area contributed by atoms with Crippen molar-refractivity contribution in [2.45, 2.75) is 25.6 Å². The van der Waals surface area contributed by atoms with Gasteiger partial charge in [0.1, 0.15) is 5.69 Å². The van der Waals surface area contributed by atoms with Crippen molar-refractivity contribution in [3.05, 3.63) is 64.6 Å². The first-order chi connectivity index (χ1) is 13.8. The van der Waals surface area contributed by atoms with Crippen LogP contribution in [0.5, 0.6) is 0 Å². The molecule has 1 fully saturated rings. The maximum Gasteiger partial charge on any atom is 0.433 e. The van der Waals surface area contributed by atoms with Gasteiger partial charge in [0.2, 0.25) is 0 Å². The summed E-state index contributed by atoms with van der Waals surface area (Å²) in [4.78, 5) is 30.3. The van der Waals surface area contributed by atoms with Crippen LogP contribution in [0, 0.1) is 5.92 Å². The number of alkyl halides is 3.